The molecule has 6 atom stereocenters. The van der Waals surface area contributed by atoms with Gasteiger partial charge in [0.1, 0.15) is 6.04 Å². The zero-order valence-corrected chi connectivity index (χ0v) is 23.8. The number of esters is 1. The van der Waals surface area contributed by atoms with Gasteiger partial charge in [-0.1, -0.05) is 68.5 Å². The highest BCUT2D eigenvalue weighted by Gasteiger charge is 2.71. The first-order chi connectivity index (χ1) is 19.4. The molecular formula is C32H36N2O5S. The lowest BCUT2D eigenvalue weighted by Gasteiger charge is -2.39. The van der Waals surface area contributed by atoms with Crippen molar-refractivity contribution in [2.75, 3.05) is 24.7 Å². The number of fused-ring (bicyclic) bond motifs is 3. The third-order valence-electron chi connectivity index (χ3n) is 8.68. The molecule has 4 aliphatic rings. The summed E-state index contributed by atoms with van der Waals surface area (Å²) in [4.78, 5) is 46.0. The molecule has 2 saturated heterocycles. The van der Waals surface area contributed by atoms with Crippen LogP contribution in [0.25, 0.3) is 10.8 Å². The summed E-state index contributed by atoms with van der Waals surface area (Å²) in [7, 11) is 0. The van der Waals surface area contributed by atoms with E-state index in [1.807, 2.05) is 74.5 Å². The number of thioether (sulfide) groups is 1. The van der Waals surface area contributed by atoms with Crippen LogP contribution >= 0.6 is 11.8 Å². The van der Waals surface area contributed by atoms with Gasteiger partial charge < -0.3 is 19.6 Å². The van der Waals surface area contributed by atoms with E-state index in [2.05, 4.69) is 6.08 Å². The van der Waals surface area contributed by atoms with Gasteiger partial charge in [-0.25, -0.2) is 0 Å². The average Bonchev–Trinajstić information content (AvgIpc) is 3.36. The molecule has 40 heavy (non-hydrogen) atoms. The van der Waals surface area contributed by atoms with Crippen LogP contribution in [0, 0.1) is 17.8 Å². The normalized spacial score (nSPS) is 31.6. The zero-order valence-electron chi connectivity index (χ0n) is 22.9. The number of carbonyl (C=O) groups excluding carboxylic acids is 3. The Hall–Kier alpha value is -3.10. The Bertz CT molecular complexity index is 1390. The quantitative estimate of drug-likeness (QED) is 0.433. The lowest BCUT2D eigenvalue weighted by molar-refractivity contribution is -0.153. The Labute approximate surface area is 239 Å². The van der Waals surface area contributed by atoms with Gasteiger partial charge in [0.25, 0.3) is 5.91 Å². The third kappa shape index (κ3) is 4.36. The van der Waals surface area contributed by atoms with E-state index in [0.717, 1.165) is 29.3 Å². The second-order valence-corrected chi connectivity index (χ2v) is 13.2. The molecule has 0 aliphatic carbocycles. The first kappa shape index (κ1) is 27.1. The van der Waals surface area contributed by atoms with Crippen LogP contribution in [0.2, 0.25) is 0 Å². The van der Waals surface area contributed by atoms with Crippen LogP contribution in [0.5, 0.6) is 0 Å². The Morgan fingerprint density at radius 2 is 1.88 bits per heavy atom. The fourth-order valence-corrected chi connectivity index (χ4v) is 8.97. The van der Waals surface area contributed by atoms with Crippen molar-refractivity contribution < 1.29 is 24.2 Å². The van der Waals surface area contributed by atoms with Crippen LogP contribution in [0.1, 0.15) is 33.1 Å². The van der Waals surface area contributed by atoms with Gasteiger partial charge in [0, 0.05) is 17.5 Å². The summed E-state index contributed by atoms with van der Waals surface area (Å²) in [6, 6.07) is 12.6. The highest BCUT2D eigenvalue weighted by molar-refractivity contribution is 8.02. The number of carbonyl (C=O) groups is 3. The number of benzene rings is 2. The van der Waals surface area contributed by atoms with E-state index in [0.29, 0.717) is 19.6 Å². The molecule has 8 heteroatoms. The molecule has 0 radical (unpaired) electrons. The van der Waals surface area contributed by atoms with Gasteiger partial charge >= 0.3 is 5.97 Å². The number of hydrogen-bond donors (Lipinski definition) is 1. The highest BCUT2D eigenvalue weighted by atomic mass is 32.2. The number of cyclic esters (lactones) is 1. The van der Waals surface area contributed by atoms with E-state index in [1.54, 1.807) is 9.80 Å². The number of ether oxygens (including phenoxy) is 1. The molecule has 4 heterocycles. The summed E-state index contributed by atoms with van der Waals surface area (Å²) in [5.41, 5.74) is 0.760. The van der Waals surface area contributed by atoms with Gasteiger partial charge in [-0.05, 0) is 48.1 Å². The van der Waals surface area contributed by atoms with E-state index >= 15 is 0 Å². The molecule has 4 aliphatic heterocycles. The smallest absolute Gasteiger partial charge is 0.311 e. The van der Waals surface area contributed by atoms with Crippen LogP contribution in [-0.2, 0) is 19.1 Å². The van der Waals surface area contributed by atoms with Gasteiger partial charge in [0.05, 0.1) is 35.8 Å². The standard InChI is InChI=1S/C32H36N2O5S/c1-20(2)17-24(19-35)34-28-30(37)33(23-13-12-21-9-5-6-10-22(21)18-23)15-8-14-32(28)27(29(34)36)26-25(40-32)11-4-3-7-16-39-31(26)38/h4-6,8-14,18,20,24-28,35H,3,7,15-17,19H2,1-2H3/b11-4-/t24-,25-,26+,27+,28?,32+/m1/s1. The molecule has 2 fully saturated rings. The number of amides is 2. The maximum atomic E-state index is 14.7. The van der Waals surface area contributed by atoms with E-state index in [9.17, 15) is 19.5 Å². The third-order valence-corrected chi connectivity index (χ3v) is 10.4. The molecule has 0 bridgehead atoms. The van der Waals surface area contributed by atoms with Crippen LogP contribution in [0.4, 0.5) is 5.69 Å². The molecule has 1 N–H and O–H groups in total. The molecule has 2 aromatic rings. The number of aliphatic hydroxyl groups excluding tert-OH is 1. The maximum Gasteiger partial charge on any atom is 0.311 e. The van der Waals surface area contributed by atoms with Gasteiger partial charge in [0.2, 0.25) is 5.91 Å². The SMILES string of the molecule is CC(C)C[C@H](CO)N1C(=O)[C@@H]2[C@H]3C(=O)OCCC/C=C\[C@H]3S[C@@]23C=CCN(c2ccc4ccccc4c2)C(=O)C13. The second kappa shape index (κ2) is 10.7. The fourth-order valence-electron chi connectivity index (χ4n) is 6.98. The average molecular weight is 561 g/mol. The second-order valence-electron chi connectivity index (χ2n) is 11.7. The van der Waals surface area contributed by atoms with Crippen molar-refractivity contribution in [3.8, 4) is 0 Å². The Morgan fingerprint density at radius 1 is 1.07 bits per heavy atom. The summed E-state index contributed by atoms with van der Waals surface area (Å²) >= 11 is 1.54. The Morgan fingerprint density at radius 3 is 2.65 bits per heavy atom. The number of hydrogen-bond acceptors (Lipinski definition) is 6. The molecule has 0 saturated carbocycles. The molecule has 210 valence electrons. The predicted molar refractivity (Wildman–Crippen MR) is 157 cm³/mol. The number of nitrogens with zero attached hydrogens (tertiary/aromatic N) is 2. The molecule has 6 rings (SSSR count). The van der Waals surface area contributed by atoms with Crippen molar-refractivity contribution in [1.82, 2.24) is 4.90 Å². The topological polar surface area (TPSA) is 87.2 Å². The van der Waals surface area contributed by atoms with Crippen LogP contribution in [-0.4, -0.2) is 69.6 Å². The van der Waals surface area contributed by atoms with Gasteiger partial charge in [-0.2, -0.15) is 0 Å². The van der Waals surface area contributed by atoms with E-state index in [1.165, 1.54) is 11.8 Å². The minimum Gasteiger partial charge on any atom is -0.465 e. The van der Waals surface area contributed by atoms with Crippen LogP contribution < -0.4 is 4.90 Å². The van der Waals surface area contributed by atoms with E-state index in [4.69, 9.17) is 4.74 Å². The largest absolute Gasteiger partial charge is 0.465 e. The number of aliphatic hydroxyl groups is 1. The van der Waals surface area contributed by atoms with E-state index in [-0.39, 0.29) is 35.6 Å². The maximum absolute atomic E-state index is 14.7. The van der Waals surface area contributed by atoms with Crippen molar-refractivity contribution in [2.24, 2.45) is 17.8 Å². The van der Waals surface area contributed by atoms with Crippen molar-refractivity contribution in [1.29, 1.82) is 0 Å². The summed E-state index contributed by atoms with van der Waals surface area (Å²) < 4.78 is 4.71. The van der Waals surface area contributed by atoms with Crippen molar-refractivity contribution in [3.05, 3.63) is 66.8 Å². The summed E-state index contributed by atoms with van der Waals surface area (Å²) in [5.74, 6) is -2.04. The zero-order chi connectivity index (χ0) is 28.0. The lowest BCUT2D eigenvalue weighted by Crippen LogP contribution is -2.57. The van der Waals surface area contributed by atoms with Crippen LogP contribution in [0.3, 0.4) is 0 Å². The van der Waals surface area contributed by atoms with Crippen molar-refractivity contribution in [2.45, 2.75) is 55.2 Å². The lowest BCUT2D eigenvalue weighted by atomic mass is 9.78. The Kier molecular flexibility index (Phi) is 7.25. The molecule has 2 amide bonds. The molecular weight excluding hydrogens is 524 g/mol. The first-order valence-corrected chi connectivity index (χ1v) is 15.2. The fraction of sp³-hybridized carbons (Fsp3) is 0.469. The summed E-state index contributed by atoms with van der Waals surface area (Å²) in [6.07, 6.45) is 10.2. The summed E-state index contributed by atoms with van der Waals surface area (Å²) in [5, 5.41) is 12.4. The molecule has 0 aromatic heterocycles. The number of likely N-dealkylation sites (tertiary alicyclic amines) is 1. The highest BCUT2D eigenvalue weighted by Crippen LogP contribution is 2.61. The minimum absolute atomic E-state index is 0.185. The molecule has 7 nitrogen and oxygen atoms in total. The number of rotatable bonds is 5. The predicted octanol–water partition coefficient (Wildman–Crippen LogP) is 4.34. The summed E-state index contributed by atoms with van der Waals surface area (Å²) in [6.45, 7) is 4.51. The minimum atomic E-state index is -0.942. The Balaban J connectivity index is 1.48. The molecule has 1 unspecified atom stereocenters. The van der Waals surface area contributed by atoms with Gasteiger partial charge in [0.15, 0.2) is 0 Å². The van der Waals surface area contributed by atoms with Crippen molar-refractivity contribution in [3.63, 3.8) is 0 Å². The van der Waals surface area contributed by atoms with Crippen LogP contribution in [0.15, 0.2) is 66.8 Å². The molecule has 2 aromatic carbocycles. The number of anilines is 1. The first-order valence-electron chi connectivity index (χ1n) is 14.3. The van der Waals surface area contributed by atoms with Gasteiger partial charge in [-0.15, -0.1) is 11.8 Å². The van der Waals surface area contributed by atoms with Gasteiger partial charge in [-0.3, -0.25) is 14.4 Å². The number of allylic oxidation sites excluding steroid dienone is 1. The monoisotopic (exact) mass is 560 g/mol. The van der Waals surface area contributed by atoms with E-state index < -0.39 is 28.7 Å². The molecule has 1 spiro atoms. The van der Waals surface area contributed by atoms with Crippen molar-refractivity contribution >= 4 is 46.0 Å².